The molecule has 0 saturated heterocycles. The molecule has 0 spiro atoms. The Hall–Kier alpha value is -1.09. The Morgan fingerprint density at radius 1 is 0.889 bits per heavy atom. The summed E-state index contributed by atoms with van der Waals surface area (Å²) in [5.74, 6) is -0.0742. The first kappa shape index (κ1) is 26.5. The van der Waals surface area contributed by atoms with Crippen molar-refractivity contribution >= 4 is 5.97 Å². The topological polar surface area (TPSA) is 57.5 Å². The Kier molecular flexibility index (Phi) is 5.38. The Morgan fingerprint density at radius 3 is 2.14 bits per heavy atom. The van der Waals surface area contributed by atoms with Crippen LogP contribution in [-0.4, -0.2) is 22.3 Å². The molecule has 5 rings (SSSR count). The first-order valence-electron chi connectivity index (χ1n) is 14.7. The van der Waals surface area contributed by atoms with E-state index in [4.69, 9.17) is 0 Å². The number of carboxylic acids is 1. The van der Waals surface area contributed by atoms with E-state index in [-0.39, 0.29) is 44.0 Å². The lowest BCUT2D eigenvalue weighted by Gasteiger charge is -2.75. The summed E-state index contributed by atoms with van der Waals surface area (Å²) in [5, 5.41) is 21.9. The summed E-state index contributed by atoms with van der Waals surface area (Å²) in [7, 11) is 0. The van der Waals surface area contributed by atoms with Crippen molar-refractivity contribution in [2.75, 3.05) is 0 Å². The molecular formula is C33H52O3. The highest BCUT2D eigenvalue weighted by Gasteiger charge is 2.74. The van der Waals surface area contributed by atoms with Crippen molar-refractivity contribution in [2.45, 2.75) is 126 Å². The highest BCUT2D eigenvalue weighted by molar-refractivity contribution is 5.77. The van der Waals surface area contributed by atoms with Crippen LogP contribution in [-0.2, 0) is 4.79 Å². The summed E-state index contributed by atoms with van der Waals surface area (Å²) < 4.78 is 0. The molecule has 36 heavy (non-hydrogen) atoms. The van der Waals surface area contributed by atoms with Crippen LogP contribution in [0.1, 0.15) is 120 Å². The van der Waals surface area contributed by atoms with E-state index in [1.807, 2.05) is 0 Å². The second kappa shape index (κ2) is 7.30. The molecule has 4 fully saturated rings. The average molecular weight is 497 g/mol. The second-order valence-corrected chi connectivity index (χ2v) is 16.1. The van der Waals surface area contributed by atoms with Crippen molar-refractivity contribution < 1.29 is 15.0 Å². The van der Waals surface area contributed by atoms with Crippen molar-refractivity contribution in [3.8, 4) is 0 Å². The van der Waals surface area contributed by atoms with E-state index >= 15 is 0 Å². The van der Waals surface area contributed by atoms with Gasteiger partial charge in [0.1, 0.15) is 0 Å². The molecule has 5 aliphatic rings. The van der Waals surface area contributed by atoms with Gasteiger partial charge in [-0.2, -0.15) is 0 Å². The number of fused-ring (bicyclic) bond motifs is 7. The summed E-state index contributed by atoms with van der Waals surface area (Å²) in [6.07, 6.45) is 14.1. The van der Waals surface area contributed by atoms with Crippen LogP contribution < -0.4 is 0 Å². The maximum absolute atomic E-state index is 13.0. The molecule has 3 heteroatoms. The molecule has 0 bridgehead atoms. The monoisotopic (exact) mass is 496 g/mol. The minimum Gasteiger partial charge on any atom is -0.481 e. The number of aliphatic carboxylic acids is 1. The molecule has 3 nitrogen and oxygen atoms in total. The molecule has 0 heterocycles. The fraction of sp³-hybridized carbons (Fsp3) is 0.848. The van der Waals surface area contributed by atoms with E-state index in [1.165, 1.54) is 5.57 Å². The third kappa shape index (κ3) is 2.68. The minimum absolute atomic E-state index is 0.00637. The van der Waals surface area contributed by atoms with E-state index in [1.54, 1.807) is 0 Å². The van der Waals surface area contributed by atoms with Crippen LogP contribution in [0.5, 0.6) is 0 Å². The fourth-order valence-corrected chi connectivity index (χ4v) is 12.0. The van der Waals surface area contributed by atoms with Gasteiger partial charge in [0.25, 0.3) is 0 Å². The number of rotatable bonds is 2. The molecule has 202 valence electrons. The number of aliphatic hydroxyl groups is 1. The van der Waals surface area contributed by atoms with Gasteiger partial charge in [-0.05, 0) is 91.8 Å². The van der Waals surface area contributed by atoms with Gasteiger partial charge in [-0.3, -0.25) is 4.79 Å². The number of carbonyl (C=O) groups is 1. The predicted octanol–water partition coefficient (Wildman–Crippen LogP) is 8.18. The van der Waals surface area contributed by atoms with Crippen LogP contribution in [0.2, 0.25) is 0 Å². The Labute approximate surface area is 220 Å². The largest absolute Gasteiger partial charge is 0.481 e. The fourth-order valence-electron chi connectivity index (χ4n) is 12.0. The second-order valence-electron chi connectivity index (χ2n) is 16.1. The number of hydrogen-bond donors (Lipinski definition) is 2. The van der Waals surface area contributed by atoms with Crippen molar-refractivity contribution in [3.63, 3.8) is 0 Å². The number of allylic oxidation sites excluding steroid dienone is 3. The summed E-state index contributed by atoms with van der Waals surface area (Å²) >= 11 is 0. The zero-order chi connectivity index (χ0) is 26.8. The van der Waals surface area contributed by atoms with Crippen LogP contribution in [0.4, 0.5) is 0 Å². The smallest absolute Gasteiger partial charge is 0.310 e. The maximum Gasteiger partial charge on any atom is 0.310 e. The van der Waals surface area contributed by atoms with E-state index < -0.39 is 11.4 Å². The van der Waals surface area contributed by atoms with Gasteiger partial charge in [0.15, 0.2) is 0 Å². The van der Waals surface area contributed by atoms with E-state index in [9.17, 15) is 15.0 Å². The van der Waals surface area contributed by atoms with Gasteiger partial charge in [0.05, 0.1) is 11.5 Å². The zero-order valence-electron chi connectivity index (χ0n) is 24.4. The van der Waals surface area contributed by atoms with Crippen LogP contribution in [0.25, 0.3) is 0 Å². The molecule has 5 aliphatic carbocycles. The Balaban J connectivity index is 1.68. The average Bonchev–Trinajstić information content (AvgIpc) is 2.76. The molecule has 8 atom stereocenters. The Morgan fingerprint density at radius 2 is 1.53 bits per heavy atom. The lowest BCUT2D eigenvalue weighted by atomic mass is 9.29. The van der Waals surface area contributed by atoms with E-state index in [2.05, 4.69) is 74.1 Å². The molecule has 0 aromatic heterocycles. The molecular weight excluding hydrogens is 444 g/mol. The molecule has 0 radical (unpaired) electrons. The first-order chi connectivity index (χ1) is 16.4. The highest BCUT2D eigenvalue weighted by Crippen LogP contribution is 2.80. The van der Waals surface area contributed by atoms with E-state index in [0.717, 1.165) is 64.2 Å². The van der Waals surface area contributed by atoms with Crippen LogP contribution in [0, 0.1) is 49.2 Å². The van der Waals surface area contributed by atoms with Crippen molar-refractivity contribution in [1.82, 2.24) is 0 Å². The normalized spacial score (nSPS) is 53.1. The lowest BCUT2D eigenvalue weighted by molar-refractivity contribution is -0.241. The van der Waals surface area contributed by atoms with Gasteiger partial charge in [-0.1, -0.05) is 73.1 Å². The number of hydrogen-bond acceptors (Lipinski definition) is 2. The number of aliphatic hydroxyl groups excluding tert-OH is 1. The molecule has 0 amide bonds. The van der Waals surface area contributed by atoms with Gasteiger partial charge in [0, 0.05) is 16.2 Å². The molecule has 0 aromatic rings. The van der Waals surface area contributed by atoms with Gasteiger partial charge in [-0.25, -0.2) is 0 Å². The van der Waals surface area contributed by atoms with Gasteiger partial charge in [0.2, 0.25) is 0 Å². The Bertz CT molecular complexity index is 1020. The zero-order valence-corrected chi connectivity index (χ0v) is 24.4. The standard InChI is InChI=1S/C33H52O3/c1-10-33-20-17-29(7)22(30(33,8)14-13-24(34)27(33,4)5)11-12-23-28(29,6)16-19-32(25(35)36)18-15-26(2,3)21-31(23,32)9/h10,12,22,24,34H,1,11,13-21H2,2-9H3,(H,35,36)/t22?,24-,28+,29+,30+,31-,32+,33-/m0/s1. The van der Waals surface area contributed by atoms with Crippen LogP contribution in [0.15, 0.2) is 24.3 Å². The van der Waals surface area contributed by atoms with Crippen LogP contribution in [0.3, 0.4) is 0 Å². The number of carboxylic acid groups (broad SMARTS) is 1. The maximum atomic E-state index is 13.0. The first-order valence-corrected chi connectivity index (χ1v) is 14.7. The lowest BCUT2D eigenvalue weighted by Crippen LogP contribution is -2.70. The van der Waals surface area contributed by atoms with Gasteiger partial charge < -0.3 is 10.2 Å². The third-order valence-corrected chi connectivity index (χ3v) is 14.4. The minimum atomic E-state index is -0.641. The van der Waals surface area contributed by atoms with Gasteiger partial charge in [-0.15, -0.1) is 6.58 Å². The van der Waals surface area contributed by atoms with Crippen LogP contribution >= 0.6 is 0 Å². The third-order valence-electron chi connectivity index (χ3n) is 14.4. The van der Waals surface area contributed by atoms with E-state index in [0.29, 0.717) is 5.92 Å². The molecule has 2 N–H and O–H groups in total. The highest BCUT2D eigenvalue weighted by atomic mass is 16.4. The van der Waals surface area contributed by atoms with Crippen molar-refractivity contribution in [1.29, 1.82) is 0 Å². The summed E-state index contributed by atoms with van der Waals surface area (Å²) in [6, 6.07) is 0. The molecule has 1 unspecified atom stereocenters. The van der Waals surface area contributed by atoms with Crippen molar-refractivity contribution in [3.05, 3.63) is 24.3 Å². The quantitative estimate of drug-likeness (QED) is 0.379. The molecule has 0 aromatic carbocycles. The molecule has 0 aliphatic heterocycles. The SMILES string of the molecule is C=C[C@@]12CC[C@]3(C)C(CC=C4[C@]5(C)CC(C)(C)CC[C@]5(C(=O)O)CC[C@]43C)[C@@]1(C)CC[C@H](O)C2(C)C. The predicted molar refractivity (Wildman–Crippen MR) is 146 cm³/mol. The van der Waals surface area contributed by atoms with Gasteiger partial charge >= 0.3 is 5.97 Å². The summed E-state index contributed by atoms with van der Waals surface area (Å²) in [4.78, 5) is 13.0. The summed E-state index contributed by atoms with van der Waals surface area (Å²) in [6.45, 7) is 23.6. The summed E-state index contributed by atoms with van der Waals surface area (Å²) in [5.41, 5.74) is 0.529. The molecule has 4 saturated carbocycles. The van der Waals surface area contributed by atoms with Crippen molar-refractivity contribution in [2.24, 2.45) is 49.2 Å².